The van der Waals surface area contributed by atoms with Crippen molar-refractivity contribution >= 4 is 10.0 Å². The molecule has 0 aliphatic rings. The molecule has 0 radical (unpaired) electrons. The molecule has 0 heterocycles. The van der Waals surface area contributed by atoms with Crippen molar-refractivity contribution in [2.75, 3.05) is 18.8 Å². The van der Waals surface area contributed by atoms with Gasteiger partial charge in [0.15, 0.2) is 0 Å². The van der Waals surface area contributed by atoms with Crippen LogP contribution in [-0.4, -0.2) is 31.6 Å². The van der Waals surface area contributed by atoms with E-state index in [0.717, 1.165) is 12.8 Å². The van der Waals surface area contributed by atoms with Crippen molar-refractivity contribution in [3.05, 3.63) is 0 Å². The monoisotopic (exact) mass is 193 g/mol. The van der Waals surface area contributed by atoms with Gasteiger partial charge in [0.25, 0.3) is 0 Å². The Kier molecular flexibility index (Phi) is 5.50. The van der Waals surface area contributed by atoms with E-state index in [1.54, 1.807) is 11.2 Å². The zero-order valence-electron chi connectivity index (χ0n) is 8.21. The van der Waals surface area contributed by atoms with Gasteiger partial charge in [-0.05, 0) is 19.8 Å². The van der Waals surface area contributed by atoms with E-state index < -0.39 is 10.0 Å². The molecule has 0 atom stereocenters. The van der Waals surface area contributed by atoms with E-state index >= 15 is 0 Å². The summed E-state index contributed by atoms with van der Waals surface area (Å²) < 4.78 is 24.4. The Labute approximate surface area is 75.8 Å². The van der Waals surface area contributed by atoms with Crippen LogP contribution in [0.3, 0.4) is 0 Å². The molecule has 0 unspecified atom stereocenters. The third-order valence-electron chi connectivity index (χ3n) is 1.70. The van der Waals surface area contributed by atoms with E-state index in [0.29, 0.717) is 13.1 Å². The van der Waals surface area contributed by atoms with Crippen LogP contribution < -0.4 is 0 Å². The summed E-state index contributed by atoms with van der Waals surface area (Å²) in [5.41, 5.74) is 0. The van der Waals surface area contributed by atoms with Gasteiger partial charge in [-0.25, -0.2) is 12.7 Å². The fraction of sp³-hybridized carbons (Fsp3) is 1.00. The van der Waals surface area contributed by atoms with Crippen LogP contribution in [0.25, 0.3) is 0 Å². The highest BCUT2D eigenvalue weighted by Crippen LogP contribution is 2.03. The number of sulfonamides is 1. The highest BCUT2D eigenvalue weighted by molar-refractivity contribution is 7.89. The van der Waals surface area contributed by atoms with E-state index in [2.05, 4.69) is 0 Å². The normalized spacial score (nSPS) is 12.3. The molecule has 0 N–H and O–H groups in total. The first-order valence-electron chi connectivity index (χ1n) is 4.56. The van der Waals surface area contributed by atoms with Crippen LogP contribution in [0.5, 0.6) is 0 Å². The Hall–Kier alpha value is -0.0900. The van der Waals surface area contributed by atoms with Crippen LogP contribution in [-0.2, 0) is 10.0 Å². The zero-order valence-corrected chi connectivity index (χ0v) is 9.02. The summed E-state index contributed by atoms with van der Waals surface area (Å²) in [5, 5.41) is 0. The second-order valence-corrected chi connectivity index (χ2v) is 5.06. The maximum absolute atomic E-state index is 11.4. The van der Waals surface area contributed by atoms with Gasteiger partial charge in [0, 0.05) is 13.1 Å². The van der Waals surface area contributed by atoms with E-state index in [1.807, 2.05) is 13.8 Å². The number of rotatable bonds is 6. The van der Waals surface area contributed by atoms with Gasteiger partial charge in [0.1, 0.15) is 0 Å². The Balaban J connectivity index is 4.28. The predicted molar refractivity (Wildman–Crippen MR) is 51.6 cm³/mol. The maximum Gasteiger partial charge on any atom is 0.213 e. The first kappa shape index (κ1) is 11.9. The summed E-state index contributed by atoms with van der Waals surface area (Å²) in [6.45, 7) is 6.99. The van der Waals surface area contributed by atoms with Crippen LogP contribution in [0.1, 0.15) is 33.6 Å². The van der Waals surface area contributed by atoms with Crippen molar-refractivity contribution in [2.45, 2.75) is 33.6 Å². The van der Waals surface area contributed by atoms with Gasteiger partial charge in [-0.1, -0.05) is 13.8 Å². The topological polar surface area (TPSA) is 37.4 Å². The molecule has 3 nitrogen and oxygen atoms in total. The number of hydrogen-bond donors (Lipinski definition) is 0. The first-order valence-corrected chi connectivity index (χ1v) is 6.17. The molecule has 74 valence electrons. The molecule has 4 heteroatoms. The van der Waals surface area contributed by atoms with Crippen molar-refractivity contribution in [1.29, 1.82) is 0 Å². The summed E-state index contributed by atoms with van der Waals surface area (Å²) in [6.07, 6.45) is 1.78. The molecule has 0 rings (SSSR count). The average molecular weight is 193 g/mol. The fourth-order valence-corrected chi connectivity index (χ4v) is 2.36. The van der Waals surface area contributed by atoms with E-state index in [9.17, 15) is 8.42 Å². The summed E-state index contributed by atoms with van der Waals surface area (Å²) in [4.78, 5) is 0. The minimum Gasteiger partial charge on any atom is -0.212 e. The summed E-state index contributed by atoms with van der Waals surface area (Å²) in [5.74, 6) is 0.215. The zero-order chi connectivity index (χ0) is 9.61. The highest BCUT2D eigenvalue weighted by Gasteiger charge is 2.16. The average Bonchev–Trinajstić information content (AvgIpc) is 2.04. The Morgan fingerprint density at radius 2 is 1.42 bits per heavy atom. The van der Waals surface area contributed by atoms with Crippen LogP contribution in [0.15, 0.2) is 0 Å². The van der Waals surface area contributed by atoms with Crippen molar-refractivity contribution in [3.8, 4) is 0 Å². The molecule has 0 saturated carbocycles. The largest absolute Gasteiger partial charge is 0.213 e. The lowest BCUT2D eigenvalue weighted by Gasteiger charge is -2.19. The van der Waals surface area contributed by atoms with Crippen LogP contribution in [0.2, 0.25) is 0 Å². The third-order valence-corrected chi connectivity index (χ3v) is 3.59. The van der Waals surface area contributed by atoms with Crippen molar-refractivity contribution in [2.24, 2.45) is 0 Å². The Morgan fingerprint density at radius 3 is 1.67 bits per heavy atom. The highest BCUT2D eigenvalue weighted by atomic mass is 32.2. The van der Waals surface area contributed by atoms with E-state index in [1.165, 1.54) is 0 Å². The second-order valence-electron chi connectivity index (χ2n) is 2.80. The van der Waals surface area contributed by atoms with Gasteiger partial charge in [-0.3, -0.25) is 0 Å². The quantitative estimate of drug-likeness (QED) is 0.640. The van der Waals surface area contributed by atoms with Gasteiger partial charge in [-0.2, -0.15) is 0 Å². The molecule has 0 fully saturated rings. The van der Waals surface area contributed by atoms with Gasteiger partial charge >= 0.3 is 0 Å². The van der Waals surface area contributed by atoms with Crippen LogP contribution in [0, 0.1) is 0 Å². The SMILES string of the molecule is CCCN(CCC)S(=O)(=O)CC. The van der Waals surface area contributed by atoms with E-state index in [4.69, 9.17) is 0 Å². The molecule has 0 amide bonds. The standard InChI is InChI=1S/C8H19NO2S/c1-4-7-9(8-5-2)12(10,11)6-3/h4-8H2,1-3H3. The third kappa shape index (κ3) is 3.54. The molecule has 0 spiro atoms. The number of hydrogen-bond acceptors (Lipinski definition) is 2. The molecule has 0 aromatic heterocycles. The minimum atomic E-state index is -2.95. The minimum absolute atomic E-state index is 0.215. The molecule has 12 heavy (non-hydrogen) atoms. The lowest BCUT2D eigenvalue weighted by Crippen LogP contribution is -2.33. The molecular weight excluding hydrogens is 174 g/mol. The van der Waals surface area contributed by atoms with Crippen LogP contribution >= 0.6 is 0 Å². The second kappa shape index (κ2) is 5.54. The molecule has 0 aliphatic carbocycles. The van der Waals surface area contributed by atoms with Gasteiger partial charge < -0.3 is 0 Å². The van der Waals surface area contributed by atoms with Crippen molar-refractivity contribution in [3.63, 3.8) is 0 Å². The van der Waals surface area contributed by atoms with Crippen molar-refractivity contribution < 1.29 is 8.42 Å². The lowest BCUT2D eigenvalue weighted by molar-refractivity contribution is 0.411. The summed E-state index contributed by atoms with van der Waals surface area (Å²) in [7, 11) is -2.95. The molecule has 0 saturated heterocycles. The first-order chi connectivity index (χ1) is 5.58. The Morgan fingerprint density at radius 1 is 1.00 bits per heavy atom. The van der Waals surface area contributed by atoms with Gasteiger partial charge in [0.05, 0.1) is 5.75 Å². The molecule has 0 aromatic carbocycles. The summed E-state index contributed by atoms with van der Waals surface area (Å²) >= 11 is 0. The van der Waals surface area contributed by atoms with Crippen LogP contribution in [0.4, 0.5) is 0 Å². The van der Waals surface area contributed by atoms with E-state index in [-0.39, 0.29) is 5.75 Å². The van der Waals surface area contributed by atoms with Gasteiger partial charge in [-0.15, -0.1) is 0 Å². The predicted octanol–water partition coefficient (Wildman–Crippen LogP) is 1.46. The molecular formula is C8H19NO2S. The van der Waals surface area contributed by atoms with Crippen molar-refractivity contribution in [1.82, 2.24) is 4.31 Å². The summed E-state index contributed by atoms with van der Waals surface area (Å²) in [6, 6.07) is 0. The smallest absolute Gasteiger partial charge is 0.212 e. The molecule has 0 aliphatic heterocycles. The maximum atomic E-state index is 11.4. The fourth-order valence-electron chi connectivity index (χ4n) is 1.07. The lowest BCUT2D eigenvalue weighted by atomic mass is 10.4. The Bertz CT molecular complexity index is 193. The molecule has 0 bridgehead atoms. The molecule has 0 aromatic rings. The van der Waals surface area contributed by atoms with Gasteiger partial charge in [0.2, 0.25) is 10.0 Å². The number of nitrogens with zero attached hydrogens (tertiary/aromatic N) is 1.